The fourth-order valence-electron chi connectivity index (χ4n) is 4.28. The molecule has 1 saturated carbocycles. The van der Waals surface area contributed by atoms with Gasteiger partial charge in [-0.25, -0.2) is 4.79 Å². The van der Waals surface area contributed by atoms with Gasteiger partial charge >= 0.3 is 11.9 Å². The van der Waals surface area contributed by atoms with Crippen LogP contribution in [-0.2, 0) is 20.9 Å². The molecule has 0 heterocycles. The number of rotatable bonds is 10. The summed E-state index contributed by atoms with van der Waals surface area (Å²) in [6.45, 7) is 3.86. The lowest BCUT2D eigenvalue weighted by Gasteiger charge is -2.27. The molecule has 1 aliphatic rings. The summed E-state index contributed by atoms with van der Waals surface area (Å²) >= 11 is 0. The molecule has 0 unspecified atom stereocenters. The normalized spacial score (nSPS) is 17.9. The second kappa shape index (κ2) is 12.6. The summed E-state index contributed by atoms with van der Waals surface area (Å²) in [5.74, 6) is 0.568. The molecule has 6 nitrogen and oxygen atoms in total. The van der Waals surface area contributed by atoms with Gasteiger partial charge in [0.1, 0.15) is 12.4 Å². The number of hydrogen-bond acceptors (Lipinski definition) is 6. The molecule has 1 aliphatic carbocycles. The largest absolute Gasteiger partial charge is 0.458 e. The maximum atomic E-state index is 12.5. The first-order valence-electron chi connectivity index (χ1n) is 11.9. The van der Waals surface area contributed by atoms with Crippen LogP contribution in [0, 0.1) is 11.8 Å². The zero-order valence-corrected chi connectivity index (χ0v) is 19.6. The Hall–Kier alpha value is -3.54. The van der Waals surface area contributed by atoms with Crippen LogP contribution < -0.4 is 16.2 Å². The number of ether oxygens (including phenoxy) is 2. The van der Waals surface area contributed by atoms with E-state index in [-0.39, 0.29) is 18.5 Å². The van der Waals surface area contributed by atoms with Crippen LogP contribution in [0.15, 0.2) is 61.2 Å². The second-order valence-corrected chi connectivity index (χ2v) is 8.88. The highest BCUT2D eigenvalue weighted by molar-refractivity contribution is 5.87. The number of allylic oxidation sites excluding steroid dienone is 1. The van der Waals surface area contributed by atoms with Gasteiger partial charge in [-0.3, -0.25) is 4.79 Å². The van der Waals surface area contributed by atoms with Crippen molar-refractivity contribution in [1.29, 1.82) is 0 Å². The van der Waals surface area contributed by atoms with E-state index in [1.807, 2.05) is 6.08 Å². The third-order valence-corrected chi connectivity index (χ3v) is 6.13. The zero-order valence-electron chi connectivity index (χ0n) is 19.6. The molecule has 0 amide bonds. The van der Waals surface area contributed by atoms with E-state index in [1.54, 1.807) is 48.5 Å². The van der Waals surface area contributed by atoms with Gasteiger partial charge in [-0.1, -0.05) is 24.6 Å². The summed E-state index contributed by atoms with van der Waals surface area (Å²) in [5, 5.41) is 0. The lowest BCUT2D eigenvalue weighted by Crippen LogP contribution is -2.25. The SMILES string of the molecule is C=CCCCC1CCC(C(=O)Oc2ccc(C=CC(=O)OCc3cc(N)cc(N)c3)cc2)CC1. The van der Waals surface area contributed by atoms with E-state index in [1.165, 1.54) is 18.9 Å². The monoisotopic (exact) mass is 462 g/mol. The molecule has 0 aromatic heterocycles. The average molecular weight is 463 g/mol. The maximum absolute atomic E-state index is 12.5. The molecule has 2 aromatic rings. The van der Waals surface area contributed by atoms with Crippen molar-refractivity contribution in [3.8, 4) is 5.75 Å². The Kier molecular flexibility index (Phi) is 9.32. The molecule has 0 saturated heterocycles. The fourth-order valence-corrected chi connectivity index (χ4v) is 4.28. The summed E-state index contributed by atoms with van der Waals surface area (Å²) in [6.07, 6.45) is 12.4. The van der Waals surface area contributed by atoms with Gasteiger partial charge in [0.25, 0.3) is 0 Å². The number of benzene rings is 2. The van der Waals surface area contributed by atoms with E-state index >= 15 is 0 Å². The van der Waals surface area contributed by atoms with Crippen LogP contribution in [-0.4, -0.2) is 11.9 Å². The summed E-state index contributed by atoms with van der Waals surface area (Å²) < 4.78 is 10.8. The van der Waals surface area contributed by atoms with Crippen molar-refractivity contribution in [2.24, 2.45) is 11.8 Å². The van der Waals surface area contributed by atoms with Crippen LogP contribution in [0.3, 0.4) is 0 Å². The van der Waals surface area contributed by atoms with Crippen LogP contribution in [0.5, 0.6) is 5.75 Å². The molecule has 0 aliphatic heterocycles. The number of hydrogen-bond donors (Lipinski definition) is 2. The van der Waals surface area contributed by atoms with E-state index in [0.29, 0.717) is 23.0 Å². The summed E-state index contributed by atoms with van der Waals surface area (Å²) in [4.78, 5) is 24.5. The number of nitrogens with two attached hydrogens (primary N) is 2. The molecule has 0 radical (unpaired) electrons. The van der Waals surface area contributed by atoms with Crippen LogP contribution in [0.1, 0.15) is 56.1 Å². The molecule has 3 rings (SSSR count). The topological polar surface area (TPSA) is 105 Å². The number of unbranched alkanes of at least 4 members (excludes halogenated alkanes) is 1. The number of carbonyl (C=O) groups excluding carboxylic acids is 2. The molecule has 34 heavy (non-hydrogen) atoms. The molecule has 180 valence electrons. The standard InChI is InChI=1S/C28H34N2O4/c1-2-3-4-5-20-6-11-23(12-7-20)28(32)34-26-13-8-21(9-14-26)10-15-27(31)33-19-22-16-24(29)18-25(30)17-22/h2,8-10,13-18,20,23H,1,3-7,11-12,19,29-30H2. The molecule has 2 aromatic carbocycles. The Labute approximate surface area is 201 Å². The van der Waals surface area contributed by atoms with E-state index in [2.05, 4.69) is 6.58 Å². The van der Waals surface area contributed by atoms with E-state index in [0.717, 1.165) is 43.2 Å². The Morgan fingerprint density at radius 1 is 1.00 bits per heavy atom. The maximum Gasteiger partial charge on any atom is 0.331 e. The first-order chi connectivity index (χ1) is 16.4. The van der Waals surface area contributed by atoms with Crippen LogP contribution >= 0.6 is 0 Å². The highest BCUT2D eigenvalue weighted by Crippen LogP contribution is 2.33. The molecular formula is C28H34N2O4. The Morgan fingerprint density at radius 2 is 1.68 bits per heavy atom. The minimum atomic E-state index is -0.475. The molecule has 0 atom stereocenters. The van der Waals surface area contributed by atoms with Crippen molar-refractivity contribution < 1.29 is 19.1 Å². The first-order valence-corrected chi connectivity index (χ1v) is 11.9. The smallest absolute Gasteiger partial charge is 0.331 e. The fraction of sp³-hybridized carbons (Fsp3) is 0.357. The molecule has 0 spiro atoms. The van der Waals surface area contributed by atoms with Gasteiger partial charge in [0.15, 0.2) is 0 Å². The van der Waals surface area contributed by atoms with Crippen LogP contribution in [0.4, 0.5) is 11.4 Å². The summed E-state index contributed by atoms with van der Waals surface area (Å²) in [6, 6.07) is 12.1. The van der Waals surface area contributed by atoms with Gasteiger partial charge in [0.2, 0.25) is 0 Å². The van der Waals surface area contributed by atoms with Gasteiger partial charge in [0.05, 0.1) is 5.92 Å². The quantitative estimate of drug-likeness (QED) is 0.118. The van der Waals surface area contributed by atoms with E-state index in [9.17, 15) is 9.59 Å². The van der Waals surface area contributed by atoms with Crippen LogP contribution in [0.25, 0.3) is 6.08 Å². The highest BCUT2D eigenvalue weighted by Gasteiger charge is 2.27. The van der Waals surface area contributed by atoms with Gasteiger partial charge in [-0.15, -0.1) is 6.58 Å². The minimum Gasteiger partial charge on any atom is -0.458 e. The van der Waals surface area contributed by atoms with Gasteiger partial charge < -0.3 is 20.9 Å². The predicted molar refractivity (Wildman–Crippen MR) is 136 cm³/mol. The highest BCUT2D eigenvalue weighted by atomic mass is 16.5. The van der Waals surface area contributed by atoms with Crippen molar-refractivity contribution in [3.63, 3.8) is 0 Å². The van der Waals surface area contributed by atoms with Crippen molar-refractivity contribution >= 4 is 29.4 Å². The lowest BCUT2D eigenvalue weighted by atomic mass is 9.80. The number of esters is 2. The zero-order chi connectivity index (χ0) is 24.3. The van der Waals surface area contributed by atoms with Crippen molar-refractivity contribution in [2.75, 3.05) is 11.5 Å². The van der Waals surface area contributed by atoms with Crippen molar-refractivity contribution in [2.45, 2.75) is 51.6 Å². The van der Waals surface area contributed by atoms with Gasteiger partial charge in [-0.05, 0) is 92.0 Å². The molecule has 1 fully saturated rings. The third-order valence-electron chi connectivity index (χ3n) is 6.13. The Bertz CT molecular complexity index is 985. The molecule has 0 bridgehead atoms. The van der Waals surface area contributed by atoms with E-state index < -0.39 is 5.97 Å². The Morgan fingerprint density at radius 3 is 2.32 bits per heavy atom. The second-order valence-electron chi connectivity index (χ2n) is 8.88. The van der Waals surface area contributed by atoms with Crippen LogP contribution in [0.2, 0.25) is 0 Å². The summed E-state index contributed by atoms with van der Waals surface area (Å²) in [7, 11) is 0. The number of carbonyl (C=O) groups is 2. The molecule has 4 N–H and O–H groups in total. The van der Waals surface area contributed by atoms with Gasteiger partial charge in [0, 0.05) is 17.5 Å². The first kappa shape index (κ1) is 25.1. The summed E-state index contributed by atoms with van der Waals surface area (Å²) in [5.41, 5.74) is 14.1. The average Bonchev–Trinajstić information content (AvgIpc) is 2.82. The van der Waals surface area contributed by atoms with Crippen molar-refractivity contribution in [1.82, 2.24) is 0 Å². The molecular weight excluding hydrogens is 428 g/mol. The van der Waals surface area contributed by atoms with E-state index in [4.69, 9.17) is 20.9 Å². The molecule has 6 heteroatoms. The van der Waals surface area contributed by atoms with Crippen molar-refractivity contribution in [3.05, 3.63) is 72.3 Å². The minimum absolute atomic E-state index is 0.0275. The predicted octanol–water partition coefficient (Wildman–Crippen LogP) is 5.68. The third kappa shape index (κ3) is 8.10. The number of nitrogen functional groups attached to an aromatic ring is 2. The van der Waals surface area contributed by atoms with Gasteiger partial charge in [-0.2, -0.15) is 0 Å². The Balaban J connectivity index is 1.42. The number of anilines is 2. The lowest BCUT2D eigenvalue weighted by molar-refractivity contribution is -0.140.